The first-order chi connectivity index (χ1) is 8.08. The highest BCUT2D eigenvalue weighted by Crippen LogP contribution is 2.19. The molecular weight excluding hydrogens is 306 g/mol. The highest BCUT2D eigenvalue weighted by atomic mass is 79.9. The van der Waals surface area contributed by atoms with Gasteiger partial charge in [0, 0.05) is 11.9 Å². The van der Waals surface area contributed by atoms with Gasteiger partial charge in [-0.1, -0.05) is 28.8 Å². The van der Waals surface area contributed by atoms with Gasteiger partial charge in [0.1, 0.15) is 5.25 Å². The Labute approximate surface area is 112 Å². The SMILES string of the molecule is O=C(NCCCCCBr)C1CCCCS1(=O)=O. The highest BCUT2D eigenvalue weighted by Gasteiger charge is 2.34. The van der Waals surface area contributed by atoms with Crippen LogP contribution in [0.1, 0.15) is 38.5 Å². The highest BCUT2D eigenvalue weighted by molar-refractivity contribution is 9.09. The zero-order valence-corrected chi connectivity index (χ0v) is 12.4. The molecule has 1 fully saturated rings. The van der Waals surface area contributed by atoms with Crippen LogP contribution in [-0.2, 0) is 14.6 Å². The van der Waals surface area contributed by atoms with Gasteiger partial charge in [-0.05, 0) is 25.7 Å². The van der Waals surface area contributed by atoms with E-state index < -0.39 is 15.1 Å². The van der Waals surface area contributed by atoms with Crippen LogP contribution in [0.15, 0.2) is 0 Å². The van der Waals surface area contributed by atoms with E-state index in [9.17, 15) is 13.2 Å². The van der Waals surface area contributed by atoms with E-state index in [0.29, 0.717) is 19.4 Å². The average molecular weight is 326 g/mol. The van der Waals surface area contributed by atoms with Crippen LogP contribution in [-0.4, -0.2) is 37.2 Å². The second kappa shape index (κ2) is 7.36. The maximum absolute atomic E-state index is 11.7. The number of sulfone groups is 1. The maximum atomic E-state index is 11.7. The lowest BCUT2D eigenvalue weighted by molar-refractivity contribution is -0.120. The minimum Gasteiger partial charge on any atom is -0.355 e. The van der Waals surface area contributed by atoms with Crippen molar-refractivity contribution in [1.29, 1.82) is 0 Å². The molecule has 1 N–H and O–H groups in total. The summed E-state index contributed by atoms with van der Waals surface area (Å²) in [4.78, 5) is 11.7. The van der Waals surface area contributed by atoms with E-state index >= 15 is 0 Å². The van der Waals surface area contributed by atoms with E-state index in [0.717, 1.165) is 31.0 Å². The van der Waals surface area contributed by atoms with Gasteiger partial charge in [0.05, 0.1) is 5.75 Å². The second-order valence-corrected chi connectivity index (χ2v) is 7.49. The van der Waals surface area contributed by atoms with Crippen molar-refractivity contribution in [3.8, 4) is 0 Å². The molecule has 0 radical (unpaired) electrons. The van der Waals surface area contributed by atoms with Crippen molar-refractivity contribution in [3.05, 3.63) is 0 Å². The minimum atomic E-state index is -3.19. The second-order valence-electron chi connectivity index (χ2n) is 4.39. The third kappa shape index (κ3) is 4.95. The molecular formula is C11H20BrNO3S. The van der Waals surface area contributed by atoms with Gasteiger partial charge in [-0.3, -0.25) is 4.79 Å². The van der Waals surface area contributed by atoms with Crippen LogP contribution in [0.4, 0.5) is 0 Å². The van der Waals surface area contributed by atoms with Gasteiger partial charge in [0.2, 0.25) is 5.91 Å². The molecule has 6 heteroatoms. The first-order valence-corrected chi connectivity index (χ1v) is 8.97. The fourth-order valence-corrected chi connectivity index (χ4v) is 4.19. The molecule has 1 aliphatic heterocycles. The van der Waals surface area contributed by atoms with Gasteiger partial charge in [-0.25, -0.2) is 8.42 Å². The zero-order valence-electron chi connectivity index (χ0n) is 9.95. The number of rotatable bonds is 6. The molecule has 1 unspecified atom stereocenters. The molecule has 1 rings (SSSR count). The fourth-order valence-electron chi connectivity index (χ4n) is 1.97. The third-order valence-corrected chi connectivity index (χ3v) is 5.72. The predicted octanol–water partition coefficient (Wildman–Crippen LogP) is 1.64. The number of amides is 1. The molecule has 1 saturated heterocycles. The zero-order chi connectivity index (χ0) is 12.7. The van der Waals surface area contributed by atoms with Gasteiger partial charge in [-0.2, -0.15) is 0 Å². The summed E-state index contributed by atoms with van der Waals surface area (Å²) in [5.41, 5.74) is 0. The number of hydrogen-bond acceptors (Lipinski definition) is 3. The summed E-state index contributed by atoms with van der Waals surface area (Å²) in [6.07, 6.45) is 5.04. The minimum absolute atomic E-state index is 0.161. The summed E-state index contributed by atoms with van der Waals surface area (Å²) >= 11 is 3.34. The number of hydrogen-bond donors (Lipinski definition) is 1. The lowest BCUT2D eigenvalue weighted by atomic mass is 10.2. The van der Waals surface area contributed by atoms with Crippen LogP contribution >= 0.6 is 15.9 Å². The van der Waals surface area contributed by atoms with E-state index in [1.54, 1.807) is 0 Å². The summed E-state index contributed by atoms with van der Waals surface area (Å²) in [6, 6.07) is 0. The van der Waals surface area contributed by atoms with Gasteiger partial charge < -0.3 is 5.32 Å². The van der Waals surface area contributed by atoms with E-state index in [1.807, 2.05) is 0 Å². The molecule has 1 heterocycles. The molecule has 100 valence electrons. The van der Waals surface area contributed by atoms with Crippen LogP contribution in [0.25, 0.3) is 0 Å². The van der Waals surface area contributed by atoms with Crippen molar-refractivity contribution in [1.82, 2.24) is 5.32 Å². The smallest absolute Gasteiger partial charge is 0.238 e. The number of alkyl halides is 1. The van der Waals surface area contributed by atoms with Crippen molar-refractivity contribution in [3.63, 3.8) is 0 Å². The Morgan fingerprint density at radius 1 is 1.24 bits per heavy atom. The molecule has 0 spiro atoms. The maximum Gasteiger partial charge on any atom is 0.238 e. The lowest BCUT2D eigenvalue weighted by Crippen LogP contribution is -2.43. The number of carbonyl (C=O) groups excluding carboxylic acids is 1. The van der Waals surface area contributed by atoms with Crippen molar-refractivity contribution >= 4 is 31.7 Å². The number of unbranched alkanes of at least 4 members (excludes halogenated alkanes) is 2. The first kappa shape index (κ1) is 15.0. The van der Waals surface area contributed by atoms with E-state index in [2.05, 4.69) is 21.2 Å². The summed E-state index contributed by atoms with van der Waals surface area (Å²) < 4.78 is 23.4. The predicted molar refractivity (Wildman–Crippen MR) is 72.1 cm³/mol. The quantitative estimate of drug-likeness (QED) is 0.596. The summed E-state index contributed by atoms with van der Waals surface area (Å²) in [5, 5.41) is 2.90. The van der Waals surface area contributed by atoms with Gasteiger partial charge in [0.15, 0.2) is 9.84 Å². The molecule has 1 atom stereocenters. The monoisotopic (exact) mass is 325 g/mol. The summed E-state index contributed by atoms with van der Waals surface area (Å²) in [5.74, 6) is -0.141. The Hall–Kier alpha value is -0.100. The summed E-state index contributed by atoms with van der Waals surface area (Å²) in [6.45, 7) is 0.581. The average Bonchev–Trinajstić information content (AvgIpc) is 2.28. The lowest BCUT2D eigenvalue weighted by Gasteiger charge is -2.21. The largest absolute Gasteiger partial charge is 0.355 e. The van der Waals surface area contributed by atoms with E-state index in [1.165, 1.54) is 0 Å². The van der Waals surface area contributed by atoms with Crippen molar-refractivity contribution in [2.45, 2.75) is 43.8 Å². The standard InChI is InChI=1S/C11H20BrNO3S/c12-7-3-1-4-8-13-11(14)10-6-2-5-9-17(10,15)16/h10H,1-9H2,(H,13,14). The molecule has 0 aromatic rings. The molecule has 0 aromatic heterocycles. The van der Waals surface area contributed by atoms with Crippen LogP contribution in [0.2, 0.25) is 0 Å². The topological polar surface area (TPSA) is 63.2 Å². The first-order valence-electron chi connectivity index (χ1n) is 6.13. The number of halogens is 1. The number of carbonyl (C=O) groups is 1. The Morgan fingerprint density at radius 3 is 2.65 bits per heavy atom. The molecule has 0 aliphatic carbocycles. The molecule has 0 bridgehead atoms. The molecule has 0 aromatic carbocycles. The summed E-state index contributed by atoms with van der Waals surface area (Å²) in [7, 11) is -3.19. The van der Waals surface area contributed by atoms with Gasteiger partial charge >= 0.3 is 0 Å². The molecule has 1 amide bonds. The van der Waals surface area contributed by atoms with Crippen LogP contribution in [0.3, 0.4) is 0 Å². The van der Waals surface area contributed by atoms with E-state index in [-0.39, 0.29) is 11.7 Å². The number of nitrogens with one attached hydrogen (secondary N) is 1. The Balaban J connectivity index is 2.31. The molecule has 17 heavy (non-hydrogen) atoms. The van der Waals surface area contributed by atoms with Crippen molar-refractivity contribution < 1.29 is 13.2 Å². The van der Waals surface area contributed by atoms with Gasteiger partial charge in [0.25, 0.3) is 0 Å². The third-order valence-electron chi connectivity index (χ3n) is 2.98. The Kier molecular flexibility index (Phi) is 6.48. The van der Waals surface area contributed by atoms with Crippen molar-refractivity contribution in [2.75, 3.05) is 17.6 Å². The van der Waals surface area contributed by atoms with Crippen molar-refractivity contribution in [2.24, 2.45) is 0 Å². The van der Waals surface area contributed by atoms with Crippen LogP contribution in [0, 0.1) is 0 Å². The Morgan fingerprint density at radius 2 is 2.00 bits per heavy atom. The normalized spacial score (nSPS) is 23.2. The van der Waals surface area contributed by atoms with Crippen LogP contribution < -0.4 is 5.32 Å². The molecule has 4 nitrogen and oxygen atoms in total. The fraction of sp³-hybridized carbons (Fsp3) is 0.909. The van der Waals surface area contributed by atoms with Gasteiger partial charge in [-0.15, -0.1) is 0 Å². The molecule has 1 aliphatic rings. The Bertz CT molecular complexity index is 343. The van der Waals surface area contributed by atoms with E-state index in [4.69, 9.17) is 0 Å². The molecule has 0 saturated carbocycles. The van der Waals surface area contributed by atoms with Crippen LogP contribution in [0.5, 0.6) is 0 Å².